The topological polar surface area (TPSA) is 117 Å². The van der Waals surface area contributed by atoms with Gasteiger partial charge < -0.3 is 20.1 Å². The molecular formula is C19H28N4O6S. The van der Waals surface area contributed by atoms with Gasteiger partial charge in [0.15, 0.2) is 0 Å². The zero-order valence-electron chi connectivity index (χ0n) is 16.8. The molecule has 3 rings (SSSR count). The second kappa shape index (κ2) is 10.8. The minimum Gasteiger partial charge on any atom is -0.379 e. The Morgan fingerprint density at radius 2 is 1.70 bits per heavy atom. The fourth-order valence-corrected chi connectivity index (χ4v) is 4.91. The van der Waals surface area contributed by atoms with Crippen LogP contribution < -0.4 is 10.6 Å². The van der Waals surface area contributed by atoms with E-state index in [1.165, 1.54) is 16.4 Å². The number of hydrogen-bond donors (Lipinski definition) is 2. The predicted octanol–water partition coefficient (Wildman–Crippen LogP) is -1.01. The Morgan fingerprint density at radius 1 is 1.00 bits per heavy atom. The molecule has 1 atom stereocenters. The van der Waals surface area contributed by atoms with E-state index in [-0.39, 0.29) is 18.0 Å². The third-order valence-electron chi connectivity index (χ3n) is 4.96. The highest BCUT2D eigenvalue weighted by Gasteiger charge is 2.34. The summed E-state index contributed by atoms with van der Waals surface area (Å²) < 4.78 is 37.9. The molecule has 0 bridgehead atoms. The predicted molar refractivity (Wildman–Crippen MR) is 108 cm³/mol. The van der Waals surface area contributed by atoms with Crippen LogP contribution in [0.4, 0.5) is 0 Å². The van der Waals surface area contributed by atoms with Gasteiger partial charge in [0.1, 0.15) is 6.23 Å². The van der Waals surface area contributed by atoms with E-state index in [1.54, 1.807) is 18.2 Å². The lowest BCUT2D eigenvalue weighted by Gasteiger charge is -2.34. The van der Waals surface area contributed by atoms with E-state index >= 15 is 0 Å². The van der Waals surface area contributed by atoms with Crippen LogP contribution in [0, 0.1) is 0 Å². The molecule has 10 nitrogen and oxygen atoms in total. The van der Waals surface area contributed by atoms with Crippen molar-refractivity contribution in [2.75, 3.05) is 59.1 Å². The van der Waals surface area contributed by atoms with Gasteiger partial charge in [0.25, 0.3) is 0 Å². The van der Waals surface area contributed by atoms with Gasteiger partial charge in [0, 0.05) is 32.7 Å². The Hall–Kier alpha value is -2.05. The Morgan fingerprint density at radius 3 is 2.43 bits per heavy atom. The van der Waals surface area contributed by atoms with Crippen LogP contribution in [0.2, 0.25) is 0 Å². The van der Waals surface area contributed by atoms with Gasteiger partial charge in [-0.25, -0.2) is 8.42 Å². The maximum Gasteiger partial charge on any atom is 0.309 e. The molecule has 2 aliphatic rings. The number of hydrogen-bond acceptors (Lipinski definition) is 7. The van der Waals surface area contributed by atoms with E-state index in [1.807, 2.05) is 0 Å². The monoisotopic (exact) mass is 440 g/mol. The Labute approximate surface area is 176 Å². The van der Waals surface area contributed by atoms with E-state index in [0.717, 1.165) is 13.1 Å². The molecule has 1 aromatic rings. The molecule has 0 radical (unpaired) electrons. The largest absolute Gasteiger partial charge is 0.379 e. The van der Waals surface area contributed by atoms with Crippen molar-refractivity contribution in [2.45, 2.75) is 17.5 Å². The van der Waals surface area contributed by atoms with E-state index in [4.69, 9.17) is 9.47 Å². The van der Waals surface area contributed by atoms with Crippen molar-refractivity contribution in [2.24, 2.45) is 0 Å². The van der Waals surface area contributed by atoms with E-state index in [2.05, 4.69) is 15.5 Å². The molecule has 11 heteroatoms. The first-order valence-electron chi connectivity index (χ1n) is 10.0. The highest BCUT2D eigenvalue weighted by atomic mass is 32.2. The molecule has 30 heavy (non-hydrogen) atoms. The first-order valence-corrected chi connectivity index (χ1v) is 11.5. The van der Waals surface area contributed by atoms with Crippen molar-refractivity contribution in [3.05, 3.63) is 30.3 Å². The molecule has 0 unspecified atom stereocenters. The molecule has 0 saturated carbocycles. The second-order valence-electron chi connectivity index (χ2n) is 7.03. The molecule has 0 aromatic heterocycles. The van der Waals surface area contributed by atoms with Gasteiger partial charge in [-0.1, -0.05) is 18.2 Å². The number of benzene rings is 1. The summed E-state index contributed by atoms with van der Waals surface area (Å²) in [4.78, 5) is 26.4. The summed E-state index contributed by atoms with van der Waals surface area (Å²) in [6.07, 6.45) is -0.313. The summed E-state index contributed by atoms with van der Waals surface area (Å²) >= 11 is 0. The van der Waals surface area contributed by atoms with Gasteiger partial charge in [-0.05, 0) is 18.6 Å². The number of carbonyl (C=O) groups is 2. The van der Waals surface area contributed by atoms with Crippen LogP contribution in [0.1, 0.15) is 6.42 Å². The highest BCUT2D eigenvalue weighted by Crippen LogP contribution is 2.21. The number of rotatable bonds is 7. The van der Waals surface area contributed by atoms with Gasteiger partial charge in [0.2, 0.25) is 10.0 Å². The Balaban J connectivity index is 1.49. The van der Waals surface area contributed by atoms with Gasteiger partial charge >= 0.3 is 11.8 Å². The van der Waals surface area contributed by atoms with Crippen molar-refractivity contribution in [1.82, 2.24) is 19.8 Å². The fraction of sp³-hybridized carbons (Fsp3) is 0.579. The fourth-order valence-electron chi connectivity index (χ4n) is 3.32. The zero-order chi connectivity index (χ0) is 21.4. The lowest BCUT2D eigenvalue weighted by molar-refractivity contribution is -0.140. The van der Waals surface area contributed by atoms with Crippen LogP contribution in [-0.2, 0) is 29.1 Å². The van der Waals surface area contributed by atoms with Gasteiger partial charge in [-0.2, -0.15) is 4.31 Å². The standard InChI is InChI=1S/C19H28N4O6S/c24-18(20-7-9-22-10-13-28-14-11-22)19(25)21-15-17-23(8-4-12-29-17)30(26,27)16-5-2-1-3-6-16/h1-3,5-6,17H,4,7-15H2,(H,20,24)(H,21,25)/t17-/m0/s1. The average molecular weight is 441 g/mol. The van der Waals surface area contributed by atoms with Crippen molar-refractivity contribution in [1.29, 1.82) is 0 Å². The summed E-state index contributed by atoms with van der Waals surface area (Å²) in [5.41, 5.74) is 0. The number of morpholine rings is 1. The molecule has 2 heterocycles. The second-order valence-corrected chi connectivity index (χ2v) is 8.92. The summed E-state index contributed by atoms with van der Waals surface area (Å²) in [7, 11) is -3.77. The molecule has 2 fully saturated rings. The third-order valence-corrected chi connectivity index (χ3v) is 6.87. The number of nitrogens with one attached hydrogen (secondary N) is 2. The summed E-state index contributed by atoms with van der Waals surface area (Å²) in [6, 6.07) is 8.07. The SMILES string of the molecule is O=C(NCCN1CCOCC1)C(=O)NC[C@@H]1OCCCN1S(=O)(=O)c1ccccc1. The molecule has 166 valence electrons. The Bertz CT molecular complexity index is 814. The maximum atomic E-state index is 12.9. The number of sulfonamides is 1. The highest BCUT2D eigenvalue weighted by molar-refractivity contribution is 7.89. The van der Waals surface area contributed by atoms with Crippen molar-refractivity contribution in [3.63, 3.8) is 0 Å². The van der Waals surface area contributed by atoms with Crippen LogP contribution in [0.3, 0.4) is 0 Å². The minimum absolute atomic E-state index is 0.109. The minimum atomic E-state index is -3.77. The van der Waals surface area contributed by atoms with Gasteiger partial charge in [0.05, 0.1) is 31.3 Å². The lowest BCUT2D eigenvalue weighted by Crippen LogP contribution is -2.53. The number of ether oxygens (including phenoxy) is 2. The van der Waals surface area contributed by atoms with Crippen LogP contribution in [-0.4, -0.2) is 94.8 Å². The first-order chi connectivity index (χ1) is 14.5. The summed E-state index contributed by atoms with van der Waals surface area (Å²) in [5, 5.41) is 5.06. The number of amides is 2. The van der Waals surface area contributed by atoms with Gasteiger partial charge in [-0.3, -0.25) is 14.5 Å². The molecule has 0 spiro atoms. The lowest BCUT2D eigenvalue weighted by atomic mass is 10.3. The number of nitrogens with zero attached hydrogens (tertiary/aromatic N) is 2. The average Bonchev–Trinajstić information content (AvgIpc) is 2.79. The van der Waals surface area contributed by atoms with Crippen molar-refractivity contribution in [3.8, 4) is 0 Å². The molecule has 0 aliphatic carbocycles. The van der Waals surface area contributed by atoms with Gasteiger partial charge in [-0.15, -0.1) is 0 Å². The molecule has 2 amide bonds. The van der Waals surface area contributed by atoms with Crippen LogP contribution in [0.25, 0.3) is 0 Å². The molecule has 2 aliphatic heterocycles. The molecule has 2 saturated heterocycles. The van der Waals surface area contributed by atoms with E-state index in [0.29, 0.717) is 39.3 Å². The summed E-state index contributed by atoms with van der Waals surface area (Å²) in [5.74, 6) is -1.57. The third kappa shape index (κ3) is 5.99. The summed E-state index contributed by atoms with van der Waals surface area (Å²) in [6.45, 7) is 4.46. The van der Waals surface area contributed by atoms with Crippen LogP contribution >= 0.6 is 0 Å². The van der Waals surface area contributed by atoms with Crippen LogP contribution in [0.5, 0.6) is 0 Å². The maximum absolute atomic E-state index is 12.9. The quantitative estimate of drug-likeness (QED) is 0.522. The molecule has 2 N–H and O–H groups in total. The van der Waals surface area contributed by atoms with Crippen molar-refractivity contribution >= 4 is 21.8 Å². The normalized spacial score (nSPS) is 21.1. The zero-order valence-corrected chi connectivity index (χ0v) is 17.6. The van der Waals surface area contributed by atoms with Crippen molar-refractivity contribution < 1.29 is 27.5 Å². The van der Waals surface area contributed by atoms with Crippen LogP contribution in [0.15, 0.2) is 35.2 Å². The smallest absolute Gasteiger partial charge is 0.309 e. The molecular weight excluding hydrogens is 412 g/mol. The number of carbonyl (C=O) groups excluding carboxylic acids is 2. The van der Waals surface area contributed by atoms with E-state index < -0.39 is 28.1 Å². The van der Waals surface area contributed by atoms with E-state index in [9.17, 15) is 18.0 Å². The first kappa shape index (κ1) is 22.6. The Kier molecular flexibility index (Phi) is 8.16. The molecule has 1 aromatic carbocycles.